The van der Waals surface area contributed by atoms with Crippen molar-refractivity contribution in [3.05, 3.63) is 35.7 Å². The minimum atomic E-state index is -0.239. The minimum absolute atomic E-state index is 0.0344. The van der Waals surface area contributed by atoms with E-state index < -0.39 is 0 Å². The van der Waals surface area contributed by atoms with Gasteiger partial charge < -0.3 is 15.0 Å². The van der Waals surface area contributed by atoms with Gasteiger partial charge in [-0.15, -0.1) is 0 Å². The van der Waals surface area contributed by atoms with E-state index in [0.717, 1.165) is 5.69 Å². The number of anilines is 1. The molecular formula is C16H18N4O4. The van der Waals surface area contributed by atoms with Crippen LogP contribution in [-0.2, 0) is 16.0 Å². The van der Waals surface area contributed by atoms with Crippen LogP contribution in [0.5, 0.6) is 5.75 Å². The highest BCUT2D eigenvalue weighted by molar-refractivity contribution is 5.97. The molecule has 0 aliphatic carbocycles. The maximum absolute atomic E-state index is 12.2. The third kappa shape index (κ3) is 3.37. The summed E-state index contributed by atoms with van der Waals surface area (Å²) in [6.45, 7) is 2.15. The Morgan fingerprint density at radius 3 is 3.00 bits per heavy atom. The molecule has 2 aromatic rings. The topological polar surface area (TPSA) is 97.6 Å². The Morgan fingerprint density at radius 1 is 1.46 bits per heavy atom. The van der Waals surface area contributed by atoms with Gasteiger partial charge in [-0.3, -0.25) is 9.59 Å². The second-order valence-corrected chi connectivity index (χ2v) is 5.65. The summed E-state index contributed by atoms with van der Waals surface area (Å²) in [5, 5.41) is 10.2. The molecule has 24 heavy (non-hydrogen) atoms. The van der Waals surface area contributed by atoms with Gasteiger partial charge in [0.2, 0.25) is 11.8 Å². The van der Waals surface area contributed by atoms with E-state index in [-0.39, 0.29) is 30.7 Å². The molecule has 1 unspecified atom stereocenters. The lowest BCUT2D eigenvalue weighted by Gasteiger charge is -2.17. The summed E-state index contributed by atoms with van der Waals surface area (Å²) in [5.74, 6) is 0.439. The van der Waals surface area contributed by atoms with Crippen molar-refractivity contribution in [2.75, 3.05) is 18.6 Å². The van der Waals surface area contributed by atoms with E-state index >= 15 is 0 Å². The SMILES string of the molecule is COc1cccc(N2CC(NC(=O)Cc3nonc3C)CC2=O)c1. The van der Waals surface area contributed by atoms with Crippen LogP contribution in [0.3, 0.4) is 0 Å². The Balaban J connectivity index is 1.62. The summed E-state index contributed by atoms with van der Waals surface area (Å²) >= 11 is 0. The van der Waals surface area contributed by atoms with E-state index in [1.165, 1.54) is 0 Å². The van der Waals surface area contributed by atoms with Crippen molar-refractivity contribution in [1.82, 2.24) is 15.6 Å². The molecule has 1 aliphatic rings. The third-order valence-corrected chi connectivity index (χ3v) is 3.93. The molecular weight excluding hydrogens is 312 g/mol. The van der Waals surface area contributed by atoms with Gasteiger partial charge in [0.1, 0.15) is 17.1 Å². The Morgan fingerprint density at radius 2 is 2.29 bits per heavy atom. The summed E-state index contributed by atoms with van der Waals surface area (Å²) in [6.07, 6.45) is 0.345. The molecule has 126 valence electrons. The molecule has 3 rings (SSSR count). The zero-order valence-electron chi connectivity index (χ0n) is 13.5. The summed E-state index contributed by atoms with van der Waals surface area (Å²) in [7, 11) is 1.58. The lowest BCUT2D eigenvalue weighted by Crippen LogP contribution is -2.38. The summed E-state index contributed by atoms with van der Waals surface area (Å²) in [4.78, 5) is 26.0. The average molecular weight is 330 g/mol. The number of carbonyl (C=O) groups is 2. The van der Waals surface area contributed by atoms with E-state index in [2.05, 4.69) is 20.3 Å². The molecule has 2 amide bonds. The van der Waals surface area contributed by atoms with Gasteiger partial charge in [0, 0.05) is 24.7 Å². The number of rotatable bonds is 5. The van der Waals surface area contributed by atoms with E-state index in [9.17, 15) is 9.59 Å². The number of amides is 2. The Bertz CT molecular complexity index is 758. The van der Waals surface area contributed by atoms with Crippen LogP contribution in [0.15, 0.2) is 28.9 Å². The molecule has 0 bridgehead atoms. The zero-order chi connectivity index (χ0) is 17.1. The van der Waals surface area contributed by atoms with Crippen LogP contribution >= 0.6 is 0 Å². The lowest BCUT2D eigenvalue weighted by molar-refractivity contribution is -0.121. The fraction of sp³-hybridized carbons (Fsp3) is 0.375. The number of aromatic nitrogens is 2. The molecule has 1 atom stereocenters. The first kappa shape index (κ1) is 16.0. The Kier molecular flexibility index (Phi) is 4.45. The molecule has 1 fully saturated rings. The maximum Gasteiger partial charge on any atom is 0.229 e. The van der Waals surface area contributed by atoms with Gasteiger partial charge >= 0.3 is 0 Å². The smallest absolute Gasteiger partial charge is 0.229 e. The normalized spacial score (nSPS) is 17.2. The van der Waals surface area contributed by atoms with Crippen molar-refractivity contribution in [3.8, 4) is 5.75 Å². The van der Waals surface area contributed by atoms with E-state index in [0.29, 0.717) is 23.7 Å². The van der Waals surface area contributed by atoms with Crippen LogP contribution < -0.4 is 15.0 Å². The number of ether oxygens (including phenoxy) is 1. The molecule has 0 radical (unpaired) electrons. The number of carbonyl (C=O) groups excluding carboxylic acids is 2. The van der Waals surface area contributed by atoms with Gasteiger partial charge in [0.25, 0.3) is 0 Å². The van der Waals surface area contributed by atoms with Gasteiger partial charge in [-0.25, -0.2) is 4.63 Å². The number of nitrogens with zero attached hydrogens (tertiary/aromatic N) is 3. The summed E-state index contributed by atoms with van der Waals surface area (Å²) in [6, 6.07) is 7.05. The molecule has 1 aromatic heterocycles. The first-order valence-corrected chi connectivity index (χ1v) is 7.58. The summed E-state index contributed by atoms with van der Waals surface area (Å²) < 4.78 is 9.76. The summed E-state index contributed by atoms with van der Waals surface area (Å²) in [5.41, 5.74) is 1.85. The zero-order valence-corrected chi connectivity index (χ0v) is 13.5. The van der Waals surface area contributed by atoms with Gasteiger partial charge in [-0.05, 0) is 19.1 Å². The largest absolute Gasteiger partial charge is 0.497 e. The molecule has 8 nitrogen and oxygen atoms in total. The van der Waals surface area contributed by atoms with E-state index in [1.807, 2.05) is 18.2 Å². The second-order valence-electron chi connectivity index (χ2n) is 5.65. The number of benzene rings is 1. The fourth-order valence-electron chi connectivity index (χ4n) is 2.67. The molecule has 2 heterocycles. The number of hydrogen-bond acceptors (Lipinski definition) is 6. The monoisotopic (exact) mass is 330 g/mol. The maximum atomic E-state index is 12.2. The quantitative estimate of drug-likeness (QED) is 0.873. The van der Waals surface area contributed by atoms with Gasteiger partial charge in [0.15, 0.2) is 0 Å². The number of hydrogen-bond donors (Lipinski definition) is 1. The van der Waals surface area contributed by atoms with Crippen LogP contribution in [0.1, 0.15) is 17.8 Å². The highest BCUT2D eigenvalue weighted by Crippen LogP contribution is 2.25. The predicted molar refractivity (Wildman–Crippen MR) is 84.6 cm³/mol. The van der Waals surface area contributed by atoms with Crippen LogP contribution in [0, 0.1) is 6.92 Å². The third-order valence-electron chi connectivity index (χ3n) is 3.93. The fourth-order valence-corrected chi connectivity index (χ4v) is 2.67. The molecule has 0 spiro atoms. The molecule has 1 aliphatic heterocycles. The molecule has 1 saturated heterocycles. The first-order valence-electron chi connectivity index (χ1n) is 7.58. The van der Waals surface area contributed by atoms with Crippen molar-refractivity contribution < 1.29 is 19.0 Å². The number of aryl methyl sites for hydroxylation is 1. The van der Waals surface area contributed by atoms with Crippen LogP contribution in [0.4, 0.5) is 5.69 Å². The molecule has 1 aromatic carbocycles. The standard InChI is InChI=1S/C16H18N4O4/c1-10-14(19-24-18-10)8-15(21)17-11-6-16(22)20(9-11)12-4-3-5-13(7-12)23-2/h3-5,7,11H,6,8-9H2,1-2H3,(H,17,21). The van der Waals surface area contributed by atoms with Gasteiger partial charge in [-0.2, -0.15) is 0 Å². The Labute approximate surface area is 138 Å². The van der Waals surface area contributed by atoms with Crippen LogP contribution in [-0.4, -0.2) is 41.8 Å². The van der Waals surface area contributed by atoms with Crippen molar-refractivity contribution in [2.45, 2.75) is 25.8 Å². The van der Waals surface area contributed by atoms with Crippen molar-refractivity contribution >= 4 is 17.5 Å². The van der Waals surface area contributed by atoms with Gasteiger partial charge in [0.05, 0.1) is 19.6 Å². The molecule has 1 N–H and O–H groups in total. The number of nitrogens with one attached hydrogen (secondary N) is 1. The van der Waals surface area contributed by atoms with Crippen molar-refractivity contribution in [2.24, 2.45) is 0 Å². The molecule has 0 saturated carbocycles. The lowest BCUT2D eigenvalue weighted by atomic mass is 10.2. The van der Waals surface area contributed by atoms with E-state index in [4.69, 9.17) is 4.74 Å². The average Bonchev–Trinajstić information content (AvgIpc) is 3.13. The minimum Gasteiger partial charge on any atom is -0.497 e. The first-order chi connectivity index (χ1) is 11.6. The Hall–Kier alpha value is -2.90. The van der Waals surface area contributed by atoms with Gasteiger partial charge in [-0.1, -0.05) is 16.4 Å². The highest BCUT2D eigenvalue weighted by Gasteiger charge is 2.31. The van der Waals surface area contributed by atoms with Crippen LogP contribution in [0.2, 0.25) is 0 Å². The van der Waals surface area contributed by atoms with Crippen molar-refractivity contribution in [3.63, 3.8) is 0 Å². The highest BCUT2D eigenvalue weighted by atomic mass is 16.6. The number of methoxy groups -OCH3 is 1. The second kappa shape index (κ2) is 6.69. The van der Waals surface area contributed by atoms with E-state index in [1.54, 1.807) is 25.0 Å². The van der Waals surface area contributed by atoms with Crippen LogP contribution in [0.25, 0.3) is 0 Å². The van der Waals surface area contributed by atoms with Crippen molar-refractivity contribution in [1.29, 1.82) is 0 Å². The molecule has 8 heteroatoms. The predicted octanol–water partition coefficient (Wildman–Crippen LogP) is 0.851.